The molecule has 4 aromatic rings. The van der Waals surface area contributed by atoms with Crippen molar-refractivity contribution in [2.45, 2.75) is 18.0 Å². The number of hydrogen-bond donors (Lipinski definition) is 1. The van der Waals surface area contributed by atoms with E-state index in [-0.39, 0.29) is 12.1 Å². The lowest BCUT2D eigenvalue weighted by Crippen LogP contribution is -2.45. The summed E-state index contributed by atoms with van der Waals surface area (Å²) in [7, 11) is -3.71. The summed E-state index contributed by atoms with van der Waals surface area (Å²) in [4.78, 5) is 12.6. The van der Waals surface area contributed by atoms with Crippen molar-refractivity contribution < 1.29 is 14.6 Å². The predicted molar refractivity (Wildman–Crippen MR) is 146 cm³/mol. The monoisotopic (exact) mass is 517 g/mol. The molecule has 3 aromatic carbocycles. The number of hydrogen-bond acceptors (Lipinski definition) is 7. The molecule has 0 atom stereocenters. The van der Waals surface area contributed by atoms with E-state index in [1.54, 1.807) is 12.1 Å². The SMILES string of the molecule is O=S(=O)(Nc1ccncn1)c1ccc(N2CCN(Cc3cccc(OCc4ccccc4)c3)CC2)cc1.[HH]. The van der Waals surface area contributed by atoms with Crippen molar-refractivity contribution in [1.29, 1.82) is 0 Å². The Morgan fingerprint density at radius 3 is 2.35 bits per heavy atom. The van der Waals surface area contributed by atoms with Crippen LogP contribution < -0.4 is 14.4 Å². The second-order valence-electron chi connectivity index (χ2n) is 8.88. The summed E-state index contributed by atoms with van der Waals surface area (Å²) in [5, 5.41) is 0. The smallest absolute Gasteiger partial charge is 0.263 e. The van der Waals surface area contributed by atoms with E-state index in [0.29, 0.717) is 6.61 Å². The number of benzene rings is 3. The van der Waals surface area contributed by atoms with Crippen molar-refractivity contribution >= 4 is 21.5 Å². The zero-order valence-electron chi connectivity index (χ0n) is 20.4. The quantitative estimate of drug-likeness (QED) is 0.352. The molecule has 0 radical (unpaired) electrons. The second kappa shape index (κ2) is 11.4. The van der Waals surface area contributed by atoms with Crippen LogP contribution in [-0.4, -0.2) is 49.5 Å². The molecule has 5 rings (SSSR count). The van der Waals surface area contributed by atoms with Crippen LogP contribution in [0.25, 0.3) is 0 Å². The van der Waals surface area contributed by atoms with E-state index >= 15 is 0 Å². The molecule has 0 amide bonds. The first-order valence-corrected chi connectivity index (χ1v) is 13.7. The number of aromatic nitrogens is 2. The van der Waals surface area contributed by atoms with E-state index in [0.717, 1.165) is 49.7 Å². The van der Waals surface area contributed by atoms with Gasteiger partial charge in [-0.05, 0) is 53.6 Å². The van der Waals surface area contributed by atoms with Gasteiger partial charge in [0.1, 0.15) is 24.5 Å². The van der Waals surface area contributed by atoms with E-state index in [1.165, 1.54) is 24.2 Å². The van der Waals surface area contributed by atoms with Crippen LogP contribution in [0.2, 0.25) is 0 Å². The van der Waals surface area contributed by atoms with Crippen molar-refractivity contribution in [3.05, 3.63) is 109 Å². The Hall–Kier alpha value is -3.95. The van der Waals surface area contributed by atoms with E-state index in [1.807, 2.05) is 42.5 Å². The molecule has 1 aliphatic rings. The van der Waals surface area contributed by atoms with Crippen LogP contribution in [0.1, 0.15) is 12.6 Å². The standard InChI is InChI=1S/C28H29N5O3S.H2/c34-37(35,31-28-13-14-29-22-30-28)27-11-9-25(10-12-27)33-17-15-32(16-18-33)20-24-7-4-8-26(19-24)36-21-23-5-2-1-3-6-23;/h1-14,19,22H,15-18,20-21H2,(H,29,30,31);1H. The van der Waals surface area contributed by atoms with Crippen LogP contribution in [0, 0.1) is 0 Å². The van der Waals surface area contributed by atoms with Crippen LogP contribution in [0.3, 0.4) is 0 Å². The first-order valence-electron chi connectivity index (χ1n) is 12.2. The van der Waals surface area contributed by atoms with E-state index in [2.05, 4.69) is 48.8 Å². The zero-order valence-corrected chi connectivity index (χ0v) is 21.2. The molecule has 0 bridgehead atoms. The number of nitrogens with one attached hydrogen (secondary N) is 1. The second-order valence-corrected chi connectivity index (χ2v) is 10.6. The maximum atomic E-state index is 12.6. The first-order chi connectivity index (χ1) is 18.0. The summed E-state index contributed by atoms with van der Waals surface area (Å²) in [5.74, 6) is 1.12. The summed E-state index contributed by atoms with van der Waals surface area (Å²) in [6, 6.07) is 26.9. The van der Waals surface area contributed by atoms with Gasteiger partial charge in [0.15, 0.2) is 0 Å². The van der Waals surface area contributed by atoms with Gasteiger partial charge in [-0.15, -0.1) is 0 Å². The molecule has 1 aromatic heterocycles. The van der Waals surface area contributed by atoms with Gasteiger partial charge in [0.25, 0.3) is 10.0 Å². The molecule has 37 heavy (non-hydrogen) atoms. The van der Waals surface area contributed by atoms with Crippen LogP contribution in [-0.2, 0) is 23.2 Å². The third-order valence-electron chi connectivity index (χ3n) is 6.26. The molecule has 0 unspecified atom stereocenters. The summed E-state index contributed by atoms with van der Waals surface area (Å²) in [5.41, 5.74) is 3.39. The predicted octanol–water partition coefficient (Wildman–Crippen LogP) is 4.42. The fourth-order valence-electron chi connectivity index (χ4n) is 4.28. The largest absolute Gasteiger partial charge is 0.489 e. The zero-order chi connectivity index (χ0) is 25.5. The number of anilines is 2. The number of nitrogens with zero attached hydrogens (tertiary/aromatic N) is 4. The summed E-state index contributed by atoms with van der Waals surface area (Å²) in [6.45, 7) is 5.00. The highest BCUT2D eigenvalue weighted by molar-refractivity contribution is 7.92. The van der Waals surface area contributed by atoms with Gasteiger partial charge >= 0.3 is 0 Å². The Kier molecular flexibility index (Phi) is 7.62. The maximum absolute atomic E-state index is 12.6. The molecule has 0 aliphatic carbocycles. The van der Waals surface area contributed by atoms with Crippen molar-refractivity contribution in [3.63, 3.8) is 0 Å². The molecule has 2 heterocycles. The van der Waals surface area contributed by atoms with E-state index in [4.69, 9.17) is 4.74 Å². The minimum absolute atomic E-state index is 0. The number of piperazine rings is 1. The molecule has 0 spiro atoms. The number of sulfonamides is 1. The lowest BCUT2D eigenvalue weighted by Gasteiger charge is -2.36. The minimum Gasteiger partial charge on any atom is -0.489 e. The highest BCUT2D eigenvalue weighted by Gasteiger charge is 2.19. The van der Waals surface area contributed by atoms with Crippen LogP contribution in [0.4, 0.5) is 11.5 Å². The van der Waals surface area contributed by atoms with Gasteiger partial charge in [-0.1, -0.05) is 42.5 Å². The molecule has 9 heteroatoms. The number of rotatable bonds is 9. The number of ether oxygens (including phenoxy) is 1. The topological polar surface area (TPSA) is 87.7 Å². The third kappa shape index (κ3) is 6.63. The van der Waals surface area contributed by atoms with Gasteiger partial charge in [0, 0.05) is 46.0 Å². The highest BCUT2D eigenvalue weighted by Crippen LogP contribution is 2.22. The Bertz CT molecular complexity index is 1400. The van der Waals surface area contributed by atoms with Crippen LogP contribution in [0.15, 0.2) is 102 Å². The van der Waals surface area contributed by atoms with Gasteiger partial charge in [-0.2, -0.15) is 0 Å². The molecular weight excluding hydrogens is 486 g/mol. The Morgan fingerprint density at radius 1 is 0.865 bits per heavy atom. The molecule has 8 nitrogen and oxygen atoms in total. The van der Waals surface area contributed by atoms with Gasteiger partial charge in [-0.3, -0.25) is 9.62 Å². The lowest BCUT2D eigenvalue weighted by atomic mass is 10.1. The molecular formula is C28H31N5O3S. The molecule has 1 saturated heterocycles. The molecule has 1 fully saturated rings. The lowest BCUT2D eigenvalue weighted by molar-refractivity contribution is 0.249. The van der Waals surface area contributed by atoms with Crippen LogP contribution >= 0.6 is 0 Å². The van der Waals surface area contributed by atoms with Crippen LogP contribution in [0.5, 0.6) is 5.75 Å². The fourth-order valence-corrected chi connectivity index (χ4v) is 5.29. The van der Waals surface area contributed by atoms with Gasteiger partial charge in [-0.25, -0.2) is 18.4 Å². The average molecular weight is 518 g/mol. The van der Waals surface area contributed by atoms with E-state index < -0.39 is 10.0 Å². The molecule has 0 saturated carbocycles. The van der Waals surface area contributed by atoms with Gasteiger partial charge < -0.3 is 9.64 Å². The minimum atomic E-state index is -3.71. The third-order valence-corrected chi connectivity index (χ3v) is 7.63. The van der Waals surface area contributed by atoms with Crippen molar-refractivity contribution in [1.82, 2.24) is 14.9 Å². The summed E-state index contributed by atoms with van der Waals surface area (Å²) in [6.07, 6.45) is 2.79. The Labute approximate surface area is 219 Å². The van der Waals surface area contributed by atoms with Crippen molar-refractivity contribution in [3.8, 4) is 5.75 Å². The van der Waals surface area contributed by atoms with Crippen molar-refractivity contribution in [2.75, 3.05) is 35.8 Å². The molecule has 1 N–H and O–H groups in total. The maximum Gasteiger partial charge on any atom is 0.263 e. The first kappa shape index (κ1) is 24.7. The van der Waals surface area contributed by atoms with Crippen molar-refractivity contribution in [2.24, 2.45) is 0 Å². The molecule has 192 valence electrons. The normalized spacial score (nSPS) is 14.3. The fraction of sp³-hybridized carbons (Fsp3) is 0.214. The highest BCUT2D eigenvalue weighted by atomic mass is 32.2. The Morgan fingerprint density at radius 2 is 1.62 bits per heavy atom. The summed E-state index contributed by atoms with van der Waals surface area (Å²) < 4.78 is 33.7. The summed E-state index contributed by atoms with van der Waals surface area (Å²) >= 11 is 0. The van der Waals surface area contributed by atoms with Gasteiger partial charge in [0.05, 0.1) is 4.90 Å². The molecule has 1 aliphatic heterocycles. The van der Waals surface area contributed by atoms with E-state index in [9.17, 15) is 8.42 Å². The Balaban J connectivity index is 0.00000336. The average Bonchev–Trinajstić information content (AvgIpc) is 2.94. The van der Waals surface area contributed by atoms with Gasteiger partial charge in [0.2, 0.25) is 0 Å².